The summed E-state index contributed by atoms with van der Waals surface area (Å²) >= 11 is 0. The Kier molecular flexibility index (Phi) is 4.92. The molecule has 7 nitrogen and oxygen atoms in total. The number of hydrogen-bond acceptors (Lipinski definition) is 4. The Morgan fingerprint density at radius 2 is 2.04 bits per heavy atom. The molecule has 142 valence electrons. The number of aryl methyl sites for hydroxylation is 2. The van der Waals surface area contributed by atoms with Gasteiger partial charge >= 0.3 is 0 Å². The lowest BCUT2D eigenvalue weighted by atomic mass is 9.95. The van der Waals surface area contributed by atoms with Crippen LogP contribution in [0.3, 0.4) is 0 Å². The highest BCUT2D eigenvalue weighted by molar-refractivity contribution is 5.95. The molecule has 4 rings (SSSR count). The lowest BCUT2D eigenvalue weighted by molar-refractivity contribution is 0.0708. The molecule has 0 radical (unpaired) electrons. The summed E-state index contributed by atoms with van der Waals surface area (Å²) < 4.78 is 4.01. The Morgan fingerprint density at radius 1 is 1.22 bits per heavy atom. The number of amides is 1. The molecule has 7 heteroatoms. The van der Waals surface area contributed by atoms with E-state index in [4.69, 9.17) is 0 Å². The van der Waals surface area contributed by atoms with E-state index in [2.05, 4.69) is 32.8 Å². The van der Waals surface area contributed by atoms with Gasteiger partial charge in [0.2, 0.25) is 0 Å². The lowest BCUT2D eigenvalue weighted by Crippen LogP contribution is -2.39. The third-order valence-electron chi connectivity index (χ3n) is 5.53. The maximum absolute atomic E-state index is 13.0. The van der Waals surface area contributed by atoms with Gasteiger partial charge in [-0.15, -0.1) is 0 Å². The van der Waals surface area contributed by atoms with Crippen LogP contribution in [0.4, 0.5) is 0 Å². The van der Waals surface area contributed by atoms with E-state index in [-0.39, 0.29) is 5.91 Å². The van der Waals surface area contributed by atoms with E-state index in [1.54, 1.807) is 16.9 Å². The standard InChI is InChI=1S/C20H26N6O/c1-3-4-10-24-13-9-21-19(24)16-6-11-25(12-7-16)20(27)17-14-22-18-5-8-23-26(18)15(17)2/h5,8-9,13-14,16H,3-4,6-7,10-12H2,1-2H3. The summed E-state index contributed by atoms with van der Waals surface area (Å²) in [6, 6.07) is 1.84. The Labute approximate surface area is 159 Å². The molecule has 3 aromatic heterocycles. The maximum Gasteiger partial charge on any atom is 0.257 e. The van der Waals surface area contributed by atoms with Gasteiger partial charge in [-0.05, 0) is 26.2 Å². The summed E-state index contributed by atoms with van der Waals surface area (Å²) in [5.74, 6) is 1.64. The number of carbonyl (C=O) groups excluding carboxylic acids is 1. The zero-order valence-electron chi connectivity index (χ0n) is 16.0. The number of piperidine rings is 1. The van der Waals surface area contributed by atoms with Gasteiger partial charge in [-0.25, -0.2) is 14.5 Å². The number of nitrogens with zero attached hydrogens (tertiary/aromatic N) is 6. The van der Waals surface area contributed by atoms with Gasteiger partial charge in [0, 0.05) is 50.2 Å². The summed E-state index contributed by atoms with van der Waals surface area (Å²) in [4.78, 5) is 23.9. The molecule has 4 heterocycles. The highest BCUT2D eigenvalue weighted by atomic mass is 16.2. The van der Waals surface area contributed by atoms with Crippen LogP contribution in [0.5, 0.6) is 0 Å². The second kappa shape index (κ2) is 7.50. The molecular weight excluding hydrogens is 340 g/mol. The van der Waals surface area contributed by atoms with E-state index in [1.165, 1.54) is 18.7 Å². The van der Waals surface area contributed by atoms with E-state index in [9.17, 15) is 4.79 Å². The minimum absolute atomic E-state index is 0.0465. The summed E-state index contributed by atoms with van der Waals surface area (Å²) in [7, 11) is 0. The fourth-order valence-corrected chi connectivity index (χ4v) is 3.91. The van der Waals surface area contributed by atoms with Gasteiger partial charge in [-0.1, -0.05) is 13.3 Å². The SMILES string of the molecule is CCCCn1ccnc1C1CCN(C(=O)c2cnc3ccnn3c2C)CC1. The molecule has 1 saturated heterocycles. The molecule has 0 saturated carbocycles. The van der Waals surface area contributed by atoms with Gasteiger partial charge in [0.1, 0.15) is 5.82 Å². The first-order chi connectivity index (χ1) is 13.2. The first-order valence-electron chi connectivity index (χ1n) is 9.78. The molecule has 1 fully saturated rings. The van der Waals surface area contributed by atoms with E-state index < -0.39 is 0 Å². The van der Waals surface area contributed by atoms with Crippen LogP contribution in [-0.4, -0.2) is 48.0 Å². The Bertz CT molecular complexity index is 935. The minimum Gasteiger partial charge on any atom is -0.338 e. The largest absolute Gasteiger partial charge is 0.338 e. The maximum atomic E-state index is 13.0. The van der Waals surface area contributed by atoms with Gasteiger partial charge in [0.05, 0.1) is 17.5 Å². The van der Waals surface area contributed by atoms with Crippen LogP contribution in [0.2, 0.25) is 0 Å². The fraction of sp³-hybridized carbons (Fsp3) is 0.500. The molecule has 0 unspecified atom stereocenters. The number of carbonyl (C=O) groups is 1. The third-order valence-corrected chi connectivity index (χ3v) is 5.53. The van der Waals surface area contributed by atoms with Crippen molar-refractivity contribution >= 4 is 11.6 Å². The number of likely N-dealkylation sites (tertiary alicyclic amines) is 1. The van der Waals surface area contributed by atoms with E-state index in [0.717, 1.165) is 43.8 Å². The summed E-state index contributed by atoms with van der Waals surface area (Å²) in [6.07, 6.45) is 11.6. The van der Waals surface area contributed by atoms with Crippen molar-refractivity contribution in [3.8, 4) is 0 Å². The van der Waals surface area contributed by atoms with Crippen LogP contribution in [-0.2, 0) is 6.54 Å². The second-order valence-electron chi connectivity index (χ2n) is 7.26. The predicted molar refractivity (Wildman–Crippen MR) is 103 cm³/mol. The number of rotatable bonds is 5. The van der Waals surface area contributed by atoms with Crippen LogP contribution in [0, 0.1) is 6.92 Å². The van der Waals surface area contributed by atoms with Gasteiger partial charge in [-0.3, -0.25) is 4.79 Å². The summed E-state index contributed by atoms with van der Waals surface area (Å²) in [5.41, 5.74) is 2.24. The smallest absolute Gasteiger partial charge is 0.257 e. The minimum atomic E-state index is 0.0465. The van der Waals surface area contributed by atoms with Crippen molar-refractivity contribution in [1.29, 1.82) is 0 Å². The number of unbranched alkanes of at least 4 members (excludes halogenated alkanes) is 1. The van der Waals surface area contributed by atoms with E-state index >= 15 is 0 Å². The van der Waals surface area contributed by atoms with Gasteiger partial charge < -0.3 is 9.47 Å². The number of hydrogen-bond donors (Lipinski definition) is 0. The second-order valence-corrected chi connectivity index (χ2v) is 7.26. The Hall–Kier alpha value is -2.70. The van der Waals surface area contributed by atoms with Crippen LogP contribution >= 0.6 is 0 Å². The quantitative estimate of drug-likeness (QED) is 0.696. The van der Waals surface area contributed by atoms with Crippen molar-refractivity contribution < 1.29 is 4.79 Å². The fourth-order valence-electron chi connectivity index (χ4n) is 3.91. The van der Waals surface area contributed by atoms with Gasteiger partial charge in [0.15, 0.2) is 5.65 Å². The highest BCUT2D eigenvalue weighted by Gasteiger charge is 2.28. The molecule has 1 aliphatic heterocycles. The third kappa shape index (κ3) is 3.34. The highest BCUT2D eigenvalue weighted by Crippen LogP contribution is 2.28. The van der Waals surface area contributed by atoms with Gasteiger partial charge in [0.25, 0.3) is 5.91 Å². The van der Waals surface area contributed by atoms with Crippen molar-refractivity contribution in [2.75, 3.05) is 13.1 Å². The molecule has 0 atom stereocenters. The molecule has 1 amide bonds. The van der Waals surface area contributed by atoms with Crippen LogP contribution in [0.25, 0.3) is 5.65 Å². The van der Waals surface area contributed by atoms with E-state index in [0.29, 0.717) is 11.5 Å². The van der Waals surface area contributed by atoms with Crippen molar-refractivity contribution in [1.82, 2.24) is 29.0 Å². The summed E-state index contributed by atoms with van der Waals surface area (Å²) in [5, 5.41) is 4.26. The number of imidazole rings is 1. The normalized spacial score (nSPS) is 15.6. The predicted octanol–water partition coefficient (Wildman–Crippen LogP) is 3.05. The summed E-state index contributed by atoms with van der Waals surface area (Å²) in [6.45, 7) is 6.66. The van der Waals surface area contributed by atoms with E-state index in [1.807, 2.05) is 24.1 Å². The molecule has 0 N–H and O–H groups in total. The molecule has 1 aliphatic rings. The topological polar surface area (TPSA) is 68.3 Å². The monoisotopic (exact) mass is 366 g/mol. The molecule has 0 spiro atoms. The number of aromatic nitrogens is 5. The Morgan fingerprint density at radius 3 is 2.81 bits per heavy atom. The Balaban J connectivity index is 1.45. The first-order valence-corrected chi connectivity index (χ1v) is 9.78. The molecular formula is C20H26N6O. The molecule has 27 heavy (non-hydrogen) atoms. The molecule has 3 aromatic rings. The van der Waals surface area contributed by atoms with Crippen molar-refractivity contribution in [3.63, 3.8) is 0 Å². The zero-order chi connectivity index (χ0) is 18.8. The average molecular weight is 366 g/mol. The average Bonchev–Trinajstić information content (AvgIpc) is 3.36. The van der Waals surface area contributed by atoms with Crippen LogP contribution in [0.1, 0.15) is 60.4 Å². The molecule has 0 aliphatic carbocycles. The lowest BCUT2D eigenvalue weighted by Gasteiger charge is -2.32. The number of fused-ring (bicyclic) bond motifs is 1. The van der Waals surface area contributed by atoms with Gasteiger partial charge in [-0.2, -0.15) is 5.10 Å². The molecule has 0 bridgehead atoms. The van der Waals surface area contributed by atoms with Crippen molar-refractivity contribution in [3.05, 3.63) is 47.9 Å². The first kappa shape index (κ1) is 17.7. The van der Waals surface area contributed by atoms with Crippen molar-refractivity contribution in [2.45, 2.75) is 52.0 Å². The van der Waals surface area contributed by atoms with Crippen molar-refractivity contribution in [2.24, 2.45) is 0 Å². The molecule has 0 aromatic carbocycles. The van der Waals surface area contributed by atoms with Crippen LogP contribution < -0.4 is 0 Å². The zero-order valence-corrected chi connectivity index (χ0v) is 16.0. The van der Waals surface area contributed by atoms with Crippen LogP contribution in [0.15, 0.2) is 30.9 Å².